The Morgan fingerprint density at radius 3 is 2.36 bits per heavy atom. The van der Waals surface area contributed by atoms with Gasteiger partial charge in [0.25, 0.3) is 0 Å². The Morgan fingerprint density at radius 1 is 0.872 bits per heavy atom. The largest absolute Gasteiger partial charge is 0.493 e. The Kier molecular flexibility index (Phi) is 9.26. The monoisotopic (exact) mass is 647 g/mol. The number of benzene rings is 3. The van der Waals surface area contributed by atoms with Crippen molar-refractivity contribution in [1.29, 1.82) is 0 Å². The SMILES string of the molecule is COc1ccc(CC2c3cc(Oc4ccc(C(F)(F)F)cn4)c(OC)cc3CCN2CC(=O)NC2CCc3ccccc32)cc1OC. The molecular weight excluding hydrogens is 611 g/mol. The summed E-state index contributed by atoms with van der Waals surface area (Å²) in [5.41, 5.74) is 4.48. The van der Waals surface area contributed by atoms with Gasteiger partial charge in [0.15, 0.2) is 23.0 Å². The summed E-state index contributed by atoms with van der Waals surface area (Å²) >= 11 is 0. The molecule has 2 unspecified atom stereocenters. The van der Waals surface area contributed by atoms with Gasteiger partial charge in [-0.3, -0.25) is 9.69 Å². The first-order chi connectivity index (χ1) is 22.7. The molecule has 8 nitrogen and oxygen atoms in total. The second kappa shape index (κ2) is 13.5. The highest BCUT2D eigenvalue weighted by Gasteiger charge is 2.33. The average Bonchev–Trinajstić information content (AvgIpc) is 3.47. The molecule has 2 atom stereocenters. The highest BCUT2D eigenvalue weighted by Crippen LogP contribution is 2.42. The number of amides is 1. The zero-order valence-electron chi connectivity index (χ0n) is 26.4. The van der Waals surface area contributed by atoms with Crippen molar-refractivity contribution in [2.75, 3.05) is 34.4 Å². The van der Waals surface area contributed by atoms with Gasteiger partial charge >= 0.3 is 6.18 Å². The number of hydrogen-bond acceptors (Lipinski definition) is 7. The second-order valence-electron chi connectivity index (χ2n) is 11.7. The molecule has 6 rings (SSSR count). The van der Waals surface area contributed by atoms with Crippen molar-refractivity contribution in [3.05, 3.63) is 106 Å². The minimum absolute atomic E-state index is 0.00317. The number of carbonyl (C=O) groups is 1. The predicted octanol–water partition coefficient (Wildman–Crippen LogP) is 6.86. The van der Waals surface area contributed by atoms with Crippen molar-refractivity contribution < 1.29 is 36.9 Å². The Hall–Kier alpha value is -4.77. The number of aryl methyl sites for hydroxylation is 1. The van der Waals surface area contributed by atoms with Gasteiger partial charge in [-0.2, -0.15) is 13.2 Å². The fourth-order valence-corrected chi connectivity index (χ4v) is 6.51. The molecule has 2 aliphatic rings. The van der Waals surface area contributed by atoms with Crippen LogP contribution in [0.25, 0.3) is 0 Å². The lowest BCUT2D eigenvalue weighted by Gasteiger charge is -2.38. The van der Waals surface area contributed by atoms with Crippen molar-refractivity contribution in [2.45, 2.75) is 43.9 Å². The fraction of sp³-hybridized carbons (Fsp3) is 0.333. The number of rotatable bonds is 10. The van der Waals surface area contributed by atoms with Gasteiger partial charge in [-0.15, -0.1) is 0 Å². The maximum absolute atomic E-state index is 13.6. The minimum atomic E-state index is -4.51. The first-order valence-electron chi connectivity index (χ1n) is 15.4. The molecule has 1 aliphatic carbocycles. The van der Waals surface area contributed by atoms with E-state index in [1.54, 1.807) is 14.2 Å². The van der Waals surface area contributed by atoms with Crippen LogP contribution in [0.15, 0.2) is 72.9 Å². The van der Waals surface area contributed by atoms with Gasteiger partial charge in [0.1, 0.15) is 0 Å². The third kappa shape index (κ3) is 7.00. The van der Waals surface area contributed by atoms with Crippen LogP contribution in [0.3, 0.4) is 0 Å². The number of alkyl halides is 3. The molecule has 0 saturated carbocycles. The molecule has 4 aromatic rings. The predicted molar refractivity (Wildman–Crippen MR) is 169 cm³/mol. The molecule has 0 spiro atoms. The van der Waals surface area contributed by atoms with Crippen LogP contribution < -0.4 is 24.3 Å². The van der Waals surface area contributed by atoms with Gasteiger partial charge < -0.3 is 24.3 Å². The molecule has 1 aromatic heterocycles. The summed E-state index contributed by atoms with van der Waals surface area (Å²) in [6, 6.07) is 19.5. The summed E-state index contributed by atoms with van der Waals surface area (Å²) in [7, 11) is 4.68. The van der Waals surface area contributed by atoms with Crippen LogP contribution in [0.5, 0.6) is 28.9 Å². The summed E-state index contributed by atoms with van der Waals surface area (Å²) in [5.74, 6) is 1.88. The van der Waals surface area contributed by atoms with E-state index in [4.69, 9.17) is 18.9 Å². The summed E-state index contributed by atoms with van der Waals surface area (Å²) < 4.78 is 62.0. The van der Waals surface area contributed by atoms with Gasteiger partial charge in [-0.1, -0.05) is 30.3 Å². The third-order valence-corrected chi connectivity index (χ3v) is 8.86. The molecule has 0 radical (unpaired) electrons. The highest BCUT2D eigenvalue weighted by atomic mass is 19.4. The summed E-state index contributed by atoms with van der Waals surface area (Å²) in [6.45, 7) is 0.808. The molecule has 3 aromatic carbocycles. The summed E-state index contributed by atoms with van der Waals surface area (Å²) in [4.78, 5) is 19.6. The maximum atomic E-state index is 13.6. The van der Waals surface area contributed by atoms with Crippen LogP contribution in [0.2, 0.25) is 0 Å². The molecule has 2 heterocycles. The number of methoxy groups -OCH3 is 3. The van der Waals surface area contributed by atoms with Crippen LogP contribution in [0.1, 0.15) is 51.9 Å². The number of hydrogen-bond donors (Lipinski definition) is 1. The zero-order chi connectivity index (χ0) is 33.1. The van der Waals surface area contributed by atoms with E-state index in [0.29, 0.717) is 42.4 Å². The van der Waals surface area contributed by atoms with Gasteiger partial charge in [0.2, 0.25) is 11.8 Å². The van der Waals surface area contributed by atoms with Crippen LogP contribution in [0, 0.1) is 0 Å². The second-order valence-corrected chi connectivity index (χ2v) is 11.7. The molecule has 1 N–H and O–H groups in total. The van der Waals surface area contributed by atoms with Gasteiger partial charge in [0.05, 0.1) is 39.5 Å². The highest BCUT2D eigenvalue weighted by molar-refractivity contribution is 5.79. The number of fused-ring (bicyclic) bond motifs is 2. The van der Waals surface area contributed by atoms with Crippen LogP contribution in [0.4, 0.5) is 13.2 Å². The van der Waals surface area contributed by atoms with E-state index in [-0.39, 0.29) is 30.4 Å². The molecule has 0 bridgehead atoms. The number of pyridine rings is 1. The minimum Gasteiger partial charge on any atom is -0.493 e. The van der Waals surface area contributed by atoms with E-state index < -0.39 is 11.7 Å². The Balaban J connectivity index is 1.31. The molecular formula is C36H36F3N3O5. The lowest BCUT2D eigenvalue weighted by molar-refractivity contribution is -0.137. The van der Waals surface area contributed by atoms with Gasteiger partial charge in [-0.05, 0) is 83.8 Å². The van der Waals surface area contributed by atoms with Crippen LogP contribution in [-0.4, -0.2) is 50.2 Å². The lowest BCUT2D eigenvalue weighted by Crippen LogP contribution is -2.44. The lowest BCUT2D eigenvalue weighted by atomic mass is 9.88. The fourth-order valence-electron chi connectivity index (χ4n) is 6.51. The Morgan fingerprint density at radius 2 is 1.64 bits per heavy atom. The number of halogens is 3. The van der Waals surface area contributed by atoms with E-state index in [1.807, 2.05) is 42.5 Å². The third-order valence-electron chi connectivity index (χ3n) is 8.86. The molecule has 11 heteroatoms. The van der Waals surface area contributed by atoms with Crippen LogP contribution in [-0.2, 0) is 30.2 Å². The summed E-state index contributed by atoms with van der Waals surface area (Å²) in [5, 5.41) is 3.25. The van der Waals surface area contributed by atoms with Crippen LogP contribution >= 0.6 is 0 Å². The first kappa shape index (κ1) is 32.2. The number of nitrogens with one attached hydrogen (secondary N) is 1. The van der Waals surface area contributed by atoms with E-state index in [1.165, 1.54) is 18.7 Å². The number of aromatic nitrogens is 1. The van der Waals surface area contributed by atoms with Crippen molar-refractivity contribution in [2.24, 2.45) is 0 Å². The zero-order valence-corrected chi connectivity index (χ0v) is 26.4. The van der Waals surface area contributed by atoms with Crippen molar-refractivity contribution in [1.82, 2.24) is 15.2 Å². The Bertz CT molecular complexity index is 1750. The standard InChI is InChI=1S/C36H36F3N3O5/c1-44-30-12-8-22(17-31(30)45-2)16-29-27-19-33(47-35-13-10-25(20-40-35)36(37,38)39)32(46-3)18-24(27)14-15-42(29)21-34(43)41-28-11-9-23-6-4-5-7-26(23)28/h4-8,10,12-13,17-20,28-29H,9,11,14-16,21H2,1-3H3,(H,41,43). The summed E-state index contributed by atoms with van der Waals surface area (Å²) in [6.07, 6.45) is -0.782. The molecule has 0 saturated heterocycles. The Labute approximate surface area is 271 Å². The maximum Gasteiger partial charge on any atom is 0.417 e. The van der Waals surface area contributed by atoms with E-state index >= 15 is 0 Å². The molecule has 47 heavy (non-hydrogen) atoms. The number of nitrogens with zero attached hydrogens (tertiary/aromatic N) is 2. The van der Waals surface area contributed by atoms with Crippen molar-refractivity contribution in [3.63, 3.8) is 0 Å². The molecule has 1 aliphatic heterocycles. The van der Waals surface area contributed by atoms with Gasteiger partial charge in [0, 0.05) is 24.8 Å². The average molecular weight is 648 g/mol. The van der Waals surface area contributed by atoms with E-state index in [9.17, 15) is 18.0 Å². The smallest absolute Gasteiger partial charge is 0.417 e. The molecule has 246 valence electrons. The van der Waals surface area contributed by atoms with Gasteiger partial charge in [-0.25, -0.2) is 4.98 Å². The quantitative estimate of drug-likeness (QED) is 0.201. The van der Waals surface area contributed by atoms with E-state index in [0.717, 1.165) is 47.4 Å². The first-order valence-corrected chi connectivity index (χ1v) is 15.4. The number of ether oxygens (including phenoxy) is 4. The molecule has 1 amide bonds. The molecule has 0 fully saturated rings. The van der Waals surface area contributed by atoms with Crippen molar-refractivity contribution >= 4 is 5.91 Å². The topological polar surface area (TPSA) is 82.2 Å². The number of carbonyl (C=O) groups excluding carboxylic acids is 1. The van der Waals surface area contributed by atoms with Crippen molar-refractivity contribution in [3.8, 4) is 28.9 Å². The normalized spacial score (nSPS) is 17.4. The van der Waals surface area contributed by atoms with E-state index in [2.05, 4.69) is 27.3 Å².